The van der Waals surface area contributed by atoms with Gasteiger partial charge in [-0.25, -0.2) is 0 Å². The molecule has 6 aromatic rings. The molecule has 6 aromatic carbocycles. The molecule has 194 valence electrons. The Kier molecular flexibility index (Phi) is 7.15. The number of nitrogens with zero attached hydrogens (tertiary/aromatic N) is 2. The molecule has 0 saturated heterocycles. The van der Waals surface area contributed by atoms with Crippen molar-refractivity contribution in [1.29, 1.82) is 0 Å². The summed E-state index contributed by atoms with van der Waals surface area (Å²) in [5.41, 5.74) is 11.7. The fourth-order valence-electron chi connectivity index (χ4n) is 5.04. The third-order valence-electron chi connectivity index (χ3n) is 7.20. The van der Waals surface area contributed by atoms with Crippen molar-refractivity contribution < 1.29 is 0 Å². The van der Waals surface area contributed by atoms with E-state index in [9.17, 15) is 0 Å². The van der Waals surface area contributed by atoms with E-state index >= 15 is 0 Å². The van der Waals surface area contributed by atoms with Gasteiger partial charge in [0.1, 0.15) is 0 Å². The Morgan fingerprint density at radius 1 is 0.275 bits per heavy atom. The Morgan fingerprint density at radius 2 is 0.525 bits per heavy atom. The zero-order valence-electron chi connectivity index (χ0n) is 22.9. The lowest BCUT2D eigenvalue weighted by molar-refractivity contribution is 1.27. The highest BCUT2D eigenvalue weighted by Crippen LogP contribution is 2.37. The van der Waals surface area contributed by atoms with Crippen LogP contribution >= 0.6 is 0 Å². The number of benzene rings is 6. The second-order valence-corrected chi connectivity index (χ2v) is 10.1. The van der Waals surface area contributed by atoms with E-state index in [2.05, 4.69) is 181 Å². The molecule has 0 unspecified atom stereocenters. The van der Waals surface area contributed by atoms with Crippen LogP contribution in [0.25, 0.3) is 11.1 Å². The van der Waals surface area contributed by atoms with Gasteiger partial charge in [0.2, 0.25) is 0 Å². The highest BCUT2D eigenvalue weighted by molar-refractivity contribution is 5.80. The molecule has 0 radical (unpaired) electrons. The summed E-state index contributed by atoms with van der Waals surface area (Å²) in [6.07, 6.45) is 0. The Hall–Kier alpha value is -5.08. The summed E-state index contributed by atoms with van der Waals surface area (Å²) < 4.78 is 0. The molecule has 0 heterocycles. The van der Waals surface area contributed by atoms with Crippen molar-refractivity contribution in [2.75, 3.05) is 9.80 Å². The van der Waals surface area contributed by atoms with Crippen molar-refractivity contribution in [3.63, 3.8) is 0 Å². The zero-order chi connectivity index (χ0) is 27.3. The van der Waals surface area contributed by atoms with Gasteiger partial charge < -0.3 is 9.80 Å². The van der Waals surface area contributed by atoms with Crippen molar-refractivity contribution in [3.8, 4) is 11.1 Å². The molecule has 0 N–H and O–H groups in total. The number of anilines is 6. The first-order valence-corrected chi connectivity index (χ1v) is 13.7. The maximum absolute atomic E-state index is 2.30. The van der Waals surface area contributed by atoms with Crippen molar-refractivity contribution in [1.82, 2.24) is 0 Å². The molecule has 2 heteroatoms. The molecule has 0 aliphatic carbocycles. The molecule has 0 aliphatic heterocycles. The summed E-state index contributed by atoms with van der Waals surface area (Å²) in [5, 5.41) is 0. The van der Waals surface area contributed by atoms with E-state index < -0.39 is 0 Å². The molecule has 0 atom stereocenters. The van der Waals surface area contributed by atoms with Gasteiger partial charge in [-0.3, -0.25) is 0 Å². The van der Waals surface area contributed by atoms with Crippen LogP contribution < -0.4 is 9.80 Å². The minimum absolute atomic E-state index is 1.13. The summed E-state index contributed by atoms with van der Waals surface area (Å²) in [5.74, 6) is 0. The van der Waals surface area contributed by atoms with Crippen LogP contribution in [-0.2, 0) is 0 Å². The second kappa shape index (κ2) is 11.3. The SMILES string of the molecule is Cc1ccc(N(c2ccccc2)c2ccc(-c3ccc(N(c4ccccc4)c4ccc(C)cc4)cc3)cc2)cc1. The van der Waals surface area contributed by atoms with Gasteiger partial charge in [-0.15, -0.1) is 0 Å². The van der Waals surface area contributed by atoms with E-state index in [1.54, 1.807) is 0 Å². The third-order valence-corrected chi connectivity index (χ3v) is 7.20. The van der Waals surface area contributed by atoms with Crippen LogP contribution in [0.3, 0.4) is 0 Å². The number of para-hydroxylation sites is 2. The van der Waals surface area contributed by atoms with Crippen LogP contribution in [0.15, 0.2) is 158 Å². The van der Waals surface area contributed by atoms with Gasteiger partial charge in [-0.1, -0.05) is 96.1 Å². The van der Waals surface area contributed by atoms with Crippen molar-refractivity contribution in [2.45, 2.75) is 13.8 Å². The second-order valence-electron chi connectivity index (χ2n) is 10.1. The molecule has 2 nitrogen and oxygen atoms in total. The molecular weight excluding hydrogens is 484 g/mol. The fourth-order valence-corrected chi connectivity index (χ4v) is 5.04. The Bertz CT molecular complexity index is 1520. The van der Waals surface area contributed by atoms with Crippen LogP contribution in [0.4, 0.5) is 34.1 Å². The van der Waals surface area contributed by atoms with Gasteiger partial charge in [0.05, 0.1) is 0 Å². The summed E-state index contributed by atoms with van der Waals surface area (Å²) in [6, 6.07) is 56.1. The van der Waals surface area contributed by atoms with E-state index in [0.29, 0.717) is 0 Å². The van der Waals surface area contributed by atoms with Gasteiger partial charge in [0.15, 0.2) is 0 Å². The van der Waals surface area contributed by atoms with Gasteiger partial charge in [-0.2, -0.15) is 0 Å². The van der Waals surface area contributed by atoms with Gasteiger partial charge in [0, 0.05) is 34.1 Å². The fraction of sp³-hybridized carbons (Fsp3) is 0.0526. The molecule has 40 heavy (non-hydrogen) atoms. The normalized spacial score (nSPS) is 10.8. The highest BCUT2D eigenvalue weighted by atomic mass is 15.1. The lowest BCUT2D eigenvalue weighted by Gasteiger charge is -2.26. The van der Waals surface area contributed by atoms with Gasteiger partial charge in [-0.05, 0) is 97.8 Å². The Labute approximate surface area is 237 Å². The molecule has 6 rings (SSSR count). The molecule has 0 fully saturated rings. The number of aryl methyl sites for hydroxylation is 2. The summed E-state index contributed by atoms with van der Waals surface area (Å²) >= 11 is 0. The van der Waals surface area contributed by atoms with Crippen LogP contribution in [0.2, 0.25) is 0 Å². The number of rotatable bonds is 7. The lowest BCUT2D eigenvalue weighted by Crippen LogP contribution is -2.10. The summed E-state index contributed by atoms with van der Waals surface area (Å²) in [7, 11) is 0. The molecular formula is C38H32N2. The van der Waals surface area contributed by atoms with Crippen molar-refractivity contribution >= 4 is 34.1 Å². The largest absolute Gasteiger partial charge is 0.311 e. The van der Waals surface area contributed by atoms with Gasteiger partial charge in [0.25, 0.3) is 0 Å². The molecule has 0 spiro atoms. The minimum Gasteiger partial charge on any atom is -0.311 e. The first-order valence-electron chi connectivity index (χ1n) is 13.7. The smallest absolute Gasteiger partial charge is 0.0462 e. The van der Waals surface area contributed by atoms with Crippen LogP contribution in [0.1, 0.15) is 11.1 Å². The topological polar surface area (TPSA) is 6.48 Å². The van der Waals surface area contributed by atoms with E-state index in [0.717, 1.165) is 34.1 Å². The molecule has 0 amide bonds. The quantitative estimate of drug-likeness (QED) is 0.208. The average Bonchev–Trinajstić information content (AvgIpc) is 3.01. The van der Waals surface area contributed by atoms with E-state index in [4.69, 9.17) is 0 Å². The first kappa shape index (κ1) is 25.2. The van der Waals surface area contributed by atoms with Crippen LogP contribution in [-0.4, -0.2) is 0 Å². The maximum Gasteiger partial charge on any atom is 0.0462 e. The molecule has 0 bridgehead atoms. The predicted octanol–water partition coefficient (Wildman–Crippen LogP) is 10.9. The molecule has 0 aromatic heterocycles. The summed E-state index contributed by atoms with van der Waals surface area (Å²) in [6.45, 7) is 4.24. The number of hydrogen-bond acceptors (Lipinski definition) is 2. The first-order chi connectivity index (χ1) is 19.7. The maximum atomic E-state index is 2.30. The average molecular weight is 517 g/mol. The van der Waals surface area contributed by atoms with Gasteiger partial charge >= 0.3 is 0 Å². The number of hydrogen-bond donors (Lipinski definition) is 0. The zero-order valence-corrected chi connectivity index (χ0v) is 22.9. The monoisotopic (exact) mass is 516 g/mol. The van der Waals surface area contributed by atoms with E-state index in [1.807, 2.05) is 0 Å². The molecule has 0 aliphatic rings. The van der Waals surface area contributed by atoms with Crippen molar-refractivity contribution in [3.05, 3.63) is 169 Å². The van der Waals surface area contributed by atoms with E-state index in [1.165, 1.54) is 22.3 Å². The van der Waals surface area contributed by atoms with E-state index in [-0.39, 0.29) is 0 Å². The van der Waals surface area contributed by atoms with Crippen LogP contribution in [0.5, 0.6) is 0 Å². The lowest BCUT2D eigenvalue weighted by atomic mass is 10.0. The van der Waals surface area contributed by atoms with Crippen LogP contribution in [0, 0.1) is 13.8 Å². The third kappa shape index (κ3) is 5.39. The summed E-state index contributed by atoms with van der Waals surface area (Å²) in [4.78, 5) is 4.59. The van der Waals surface area contributed by atoms with Crippen molar-refractivity contribution in [2.24, 2.45) is 0 Å². The predicted molar refractivity (Wildman–Crippen MR) is 171 cm³/mol. The Morgan fingerprint density at radius 3 is 0.825 bits per heavy atom. The Balaban J connectivity index is 1.31. The highest BCUT2D eigenvalue weighted by Gasteiger charge is 2.14. The minimum atomic E-state index is 1.13. The molecule has 0 saturated carbocycles. The standard InChI is InChI=1S/C38H32N2/c1-29-13-21-35(22-14-29)39(33-9-5-3-6-10-33)37-25-17-31(18-26-37)32-19-27-38(28-20-32)40(34-11-7-4-8-12-34)36-23-15-30(2)16-24-36/h3-28H,1-2H3.